The number of rotatable bonds is 8. The summed E-state index contributed by atoms with van der Waals surface area (Å²) < 4.78 is 18.1. The Morgan fingerprint density at radius 3 is 2.75 bits per heavy atom. The van der Waals surface area contributed by atoms with Gasteiger partial charge >= 0.3 is 5.97 Å². The highest BCUT2D eigenvalue weighted by Gasteiger charge is 2.14. The fraction of sp³-hybridized carbons (Fsp3) is 0.350. The van der Waals surface area contributed by atoms with E-state index in [4.69, 9.17) is 14.2 Å². The van der Waals surface area contributed by atoms with Crippen molar-refractivity contribution in [2.45, 2.75) is 33.8 Å². The summed E-state index contributed by atoms with van der Waals surface area (Å²) in [5.74, 6) is 0.568. The van der Waals surface area contributed by atoms with Gasteiger partial charge in [0.05, 0.1) is 24.5 Å². The van der Waals surface area contributed by atoms with Gasteiger partial charge in [0.2, 0.25) is 0 Å². The molecule has 0 unspecified atom stereocenters. The highest BCUT2D eigenvalue weighted by atomic mass is 32.1. The average Bonchev–Trinajstić information content (AvgIpc) is 3.06. The second-order valence-electron chi connectivity index (χ2n) is 6.10. The van der Waals surface area contributed by atoms with Gasteiger partial charge in [-0.2, -0.15) is 0 Å². The van der Waals surface area contributed by atoms with E-state index in [-0.39, 0.29) is 12.2 Å². The zero-order chi connectivity index (χ0) is 20.1. The molecule has 7 nitrogen and oxygen atoms in total. The van der Waals surface area contributed by atoms with Gasteiger partial charge in [-0.1, -0.05) is 6.92 Å². The van der Waals surface area contributed by atoms with Crippen molar-refractivity contribution in [3.8, 4) is 11.5 Å². The molecule has 148 valence electrons. The van der Waals surface area contributed by atoms with Crippen molar-refractivity contribution in [2.75, 3.05) is 13.2 Å². The number of carbonyl (C=O) groups excluding carboxylic acids is 1. The molecule has 2 aromatic heterocycles. The third-order valence-corrected chi connectivity index (χ3v) is 4.86. The lowest BCUT2D eigenvalue weighted by molar-refractivity contribution is 0.0467. The summed E-state index contributed by atoms with van der Waals surface area (Å²) in [6.07, 6.45) is 0.871. The molecule has 0 bridgehead atoms. The molecule has 0 atom stereocenters. The fourth-order valence-corrected chi connectivity index (χ4v) is 3.52. The monoisotopic (exact) mass is 402 g/mol. The van der Waals surface area contributed by atoms with E-state index >= 15 is 0 Å². The number of ether oxygens (including phenoxy) is 3. The van der Waals surface area contributed by atoms with Crippen LogP contribution in [-0.4, -0.2) is 28.6 Å². The first-order valence-corrected chi connectivity index (χ1v) is 9.95. The van der Waals surface area contributed by atoms with Crippen LogP contribution in [-0.2, 0) is 11.3 Å². The molecule has 1 aromatic carbocycles. The number of benzene rings is 1. The molecule has 0 saturated carbocycles. The van der Waals surface area contributed by atoms with E-state index in [2.05, 4.69) is 4.98 Å². The van der Waals surface area contributed by atoms with Gasteiger partial charge in [-0.15, -0.1) is 11.3 Å². The van der Waals surface area contributed by atoms with E-state index in [1.807, 2.05) is 26.2 Å². The molecule has 0 saturated heterocycles. The number of aryl methyl sites for hydroxylation is 1. The van der Waals surface area contributed by atoms with Gasteiger partial charge in [0.1, 0.15) is 6.61 Å². The Bertz CT molecular complexity index is 1040. The van der Waals surface area contributed by atoms with Gasteiger partial charge in [-0.05, 0) is 38.5 Å². The Hall–Kier alpha value is -2.87. The summed E-state index contributed by atoms with van der Waals surface area (Å²) in [4.78, 5) is 29.6. The van der Waals surface area contributed by atoms with Gasteiger partial charge < -0.3 is 14.2 Å². The summed E-state index contributed by atoms with van der Waals surface area (Å²) in [5.41, 5.74) is 1.39. The Balaban J connectivity index is 1.74. The van der Waals surface area contributed by atoms with Crippen LogP contribution in [0.1, 0.15) is 42.0 Å². The molecule has 0 aliphatic rings. The minimum Gasteiger partial charge on any atom is -0.490 e. The number of hydrogen-bond acceptors (Lipinski definition) is 7. The Labute approximate surface area is 166 Å². The van der Waals surface area contributed by atoms with Crippen LogP contribution in [0.15, 0.2) is 34.4 Å². The van der Waals surface area contributed by atoms with Crippen LogP contribution in [0.5, 0.6) is 11.5 Å². The summed E-state index contributed by atoms with van der Waals surface area (Å²) in [6, 6.07) is 6.31. The second-order valence-corrected chi connectivity index (χ2v) is 6.94. The molecule has 0 fully saturated rings. The summed E-state index contributed by atoms with van der Waals surface area (Å²) >= 11 is 1.37. The zero-order valence-corrected chi connectivity index (χ0v) is 16.9. The third kappa shape index (κ3) is 4.33. The van der Waals surface area contributed by atoms with Crippen molar-refractivity contribution in [1.29, 1.82) is 0 Å². The van der Waals surface area contributed by atoms with Crippen molar-refractivity contribution in [2.24, 2.45) is 0 Å². The van der Waals surface area contributed by atoms with Gasteiger partial charge in [-0.25, -0.2) is 9.78 Å². The first kappa shape index (κ1) is 19.9. The Morgan fingerprint density at radius 1 is 1.18 bits per heavy atom. The van der Waals surface area contributed by atoms with Crippen molar-refractivity contribution >= 4 is 22.3 Å². The zero-order valence-electron chi connectivity index (χ0n) is 16.1. The molecular formula is C20H22N2O5S. The predicted molar refractivity (Wildman–Crippen MR) is 107 cm³/mol. The number of nitrogens with zero attached hydrogens (tertiary/aromatic N) is 2. The second kappa shape index (κ2) is 8.88. The van der Waals surface area contributed by atoms with Crippen LogP contribution >= 0.6 is 11.3 Å². The van der Waals surface area contributed by atoms with Crippen LogP contribution in [0.3, 0.4) is 0 Å². The third-order valence-electron chi connectivity index (χ3n) is 3.92. The minimum absolute atomic E-state index is 0.0838. The van der Waals surface area contributed by atoms with Crippen molar-refractivity contribution in [3.05, 3.63) is 57.0 Å². The first-order valence-electron chi connectivity index (χ1n) is 9.07. The van der Waals surface area contributed by atoms with Gasteiger partial charge in [-0.3, -0.25) is 9.20 Å². The fourth-order valence-electron chi connectivity index (χ4n) is 2.63. The molecule has 3 rings (SSSR count). The number of thiazole rings is 1. The first-order chi connectivity index (χ1) is 13.5. The molecule has 2 heterocycles. The molecular weight excluding hydrogens is 380 g/mol. The minimum atomic E-state index is -0.521. The van der Waals surface area contributed by atoms with E-state index in [0.29, 0.717) is 40.9 Å². The quantitative estimate of drug-likeness (QED) is 0.536. The molecule has 0 spiro atoms. The molecule has 0 amide bonds. The maximum Gasteiger partial charge on any atom is 0.338 e. The lowest BCUT2D eigenvalue weighted by Gasteiger charge is -2.12. The van der Waals surface area contributed by atoms with Crippen LogP contribution < -0.4 is 15.0 Å². The van der Waals surface area contributed by atoms with Gasteiger partial charge in [0.15, 0.2) is 16.5 Å². The Kier molecular flexibility index (Phi) is 6.30. The van der Waals surface area contributed by atoms with Gasteiger partial charge in [0, 0.05) is 17.1 Å². The van der Waals surface area contributed by atoms with Gasteiger partial charge in [0.25, 0.3) is 5.56 Å². The number of fused-ring (bicyclic) bond motifs is 1. The molecule has 0 N–H and O–H groups in total. The smallest absolute Gasteiger partial charge is 0.338 e. The standard InChI is InChI=1S/C20H22N2O5S/c1-4-8-26-16-7-6-14(9-17(16)25-5-2)19(24)27-11-15-10-18(23)22-13(3)12-28-20(22)21-15/h6-7,9-10,12H,4-5,8,11H2,1-3H3. The molecule has 0 aliphatic carbocycles. The molecule has 8 heteroatoms. The number of esters is 1. The van der Waals surface area contributed by atoms with Crippen LogP contribution in [0.25, 0.3) is 4.96 Å². The summed E-state index contributed by atoms with van der Waals surface area (Å²) in [7, 11) is 0. The number of aromatic nitrogens is 2. The van der Waals surface area contributed by atoms with Crippen LogP contribution in [0.4, 0.5) is 0 Å². The lowest BCUT2D eigenvalue weighted by Crippen LogP contribution is -2.16. The highest BCUT2D eigenvalue weighted by Crippen LogP contribution is 2.29. The van der Waals surface area contributed by atoms with E-state index < -0.39 is 5.97 Å². The normalized spacial score (nSPS) is 10.8. The Morgan fingerprint density at radius 2 is 2.00 bits per heavy atom. The predicted octanol–water partition coefficient (Wildman–Crippen LogP) is 3.61. The van der Waals surface area contributed by atoms with E-state index in [9.17, 15) is 9.59 Å². The number of carbonyl (C=O) groups is 1. The maximum atomic E-state index is 12.4. The molecule has 0 radical (unpaired) electrons. The van der Waals surface area contributed by atoms with E-state index in [1.54, 1.807) is 18.2 Å². The van der Waals surface area contributed by atoms with E-state index in [1.165, 1.54) is 21.8 Å². The maximum absolute atomic E-state index is 12.4. The average molecular weight is 402 g/mol. The highest BCUT2D eigenvalue weighted by molar-refractivity contribution is 7.15. The largest absolute Gasteiger partial charge is 0.490 e. The molecule has 3 aromatic rings. The van der Waals surface area contributed by atoms with Crippen LogP contribution in [0, 0.1) is 6.92 Å². The lowest BCUT2D eigenvalue weighted by atomic mass is 10.2. The molecule has 0 aliphatic heterocycles. The summed E-state index contributed by atoms with van der Waals surface area (Å²) in [5, 5.41) is 1.86. The van der Waals surface area contributed by atoms with Crippen molar-refractivity contribution in [1.82, 2.24) is 9.38 Å². The SMILES string of the molecule is CCCOc1ccc(C(=O)OCc2cc(=O)n3c(C)csc3n2)cc1OCC. The van der Waals surface area contributed by atoms with E-state index in [0.717, 1.165) is 12.1 Å². The van der Waals surface area contributed by atoms with Crippen molar-refractivity contribution < 1.29 is 19.0 Å². The number of hydrogen-bond donors (Lipinski definition) is 0. The topological polar surface area (TPSA) is 79.1 Å². The van der Waals surface area contributed by atoms with Crippen molar-refractivity contribution in [3.63, 3.8) is 0 Å². The summed E-state index contributed by atoms with van der Waals surface area (Å²) in [6.45, 7) is 6.66. The van der Waals surface area contributed by atoms with Crippen LogP contribution in [0.2, 0.25) is 0 Å². The molecule has 28 heavy (non-hydrogen) atoms.